The van der Waals surface area contributed by atoms with Crippen LogP contribution in [0.1, 0.15) is 5.56 Å². The molecule has 0 fully saturated rings. The Balaban J connectivity index is 1.37. The van der Waals surface area contributed by atoms with Gasteiger partial charge in [-0.2, -0.15) is 0 Å². The quantitative estimate of drug-likeness (QED) is 0.311. The van der Waals surface area contributed by atoms with Crippen molar-refractivity contribution in [2.75, 3.05) is 18.4 Å². The molecular formula is C21H20N4O5. The number of nitrogens with one attached hydrogen (secondary N) is 2. The van der Waals surface area contributed by atoms with E-state index in [9.17, 15) is 14.9 Å². The molecule has 30 heavy (non-hydrogen) atoms. The van der Waals surface area contributed by atoms with E-state index in [1.807, 2.05) is 54.6 Å². The summed E-state index contributed by atoms with van der Waals surface area (Å²) in [5, 5.41) is 16.2. The van der Waals surface area contributed by atoms with E-state index < -0.39 is 11.0 Å². The minimum atomic E-state index is -0.553. The SMILES string of the molecule is O=C(NCCNc1ccc([N+](=O)[O-])cn1)OCc1cccc(Oc2ccccc2)c1. The molecule has 0 saturated carbocycles. The number of anilines is 1. The Kier molecular flexibility index (Phi) is 7.15. The maximum Gasteiger partial charge on any atom is 0.407 e. The Labute approximate surface area is 172 Å². The van der Waals surface area contributed by atoms with Crippen LogP contribution in [0.2, 0.25) is 0 Å². The van der Waals surface area contributed by atoms with Crippen LogP contribution in [0.5, 0.6) is 11.5 Å². The average molecular weight is 408 g/mol. The van der Waals surface area contributed by atoms with Gasteiger partial charge in [0.25, 0.3) is 5.69 Å². The molecule has 0 unspecified atom stereocenters. The number of amides is 1. The number of hydrogen-bond donors (Lipinski definition) is 2. The summed E-state index contributed by atoms with van der Waals surface area (Å²) in [4.78, 5) is 25.8. The van der Waals surface area contributed by atoms with Crippen molar-refractivity contribution in [3.63, 3.8) is 0 Å². The number of carbonyl (C=O) groups is 1. The van der Waals surface area contributed by atoms with Crippen molar-refractivity contribution >= 4 is 17.6 Å². The van der Waals surface area contributed by atoms with E-state index in [4.69, 9.17) is 9.47 Å². The minimum absolute atomic E-state index is 0.0829. The normalized spacial score (nSPS) is 10.1. The van der Waals surface area contributed by atoms with Crippen molar-refractivity contribution in [2.24, 2.45) is 0 Å². The van der Waals surface area contributed by atoms with Gasteiger partial charge >= 0.3 is 6.09 Å². The smallest absolute Gasteiger partial charge is 0.407 e. The molecule has 0 aliphatic heterocycles. The van der Waals surface area contributed by atoms with E-state index in [0.717, 1.165) is 11.3 Å². The monoisotopic (exact) mass is 408 g/mol. The molecule has 1 heterocycles. The van der Waals surface area contributed by atoms with E-state index >= 15 is 0 Å². The largest absolute Gasteiger partial charge is 0.457 e. The summed E-state index contributed by atoms with van der Waals surface area (Å²) in [5.74, 6) is 1.86. The number of carbonyl (C=O) groups excluding carboxylic acids is 1. The molecule has 2 N–H and O–H groups in total. The Bertz CT molecular complexity index is 980. The van der Waals surface area contributed by atoms with Gasteiger partial charge in [-0.05, 0) is 35.9 Å². The van der Waals surface area contributed by atoms with Crippen molar-refractivity contribution in [3.05, 3.63) is 88.6 Å². The summed E-state index contributed by atoms with van der Waals surface area (Å²) in [6, 6.07) is 19.6. The van der Waals surface area contributed by atoms with Crippen molar-refractivity contribution in [1.29, 1.82) is 0 Å². The van der Waals surface area contributed by atoms with E-state index in [-0.39, 0.29) is 12.3 Å². The molecule has 0 bridgehead atoms. The zero-order valence-corrected chi connectivity index (χ0v) is 16.0. The van der Waals surface area contributed by atoms with Crippen LogP contribution in [0, 0.1) is 10.1 Å². The molecule has 1 aromatic heterocycles. The number of nitro groups is 1. The van der Waals surface area contributed by atoms with E-state index in [2.05, 4.69) is 15.6 Å². The fourth-order valence-corrected chi connectivity index (χ4v) is 2.48. The third-order valence-electron chi connectivity index (χ3n) is 3.91. The molecule has 0 aliphatic carbocycles. The van der Waals surface area contributed by atoms with E-state index in [0.29, 0.717) is 24.7 Å². The highest BCUT2D eigenvalue weighted by Gasteiger charge is 2.06. The molecule has 0 saturated heterocycles. The number of benzene rings is 2. The third kappa shape index (κ3) is 6.48. The number of hydrogen-bond acceptors (Lipinski definition) is 7. The van der Waals surface area contributed by atoms with Gasteiger partial charge in [-0.3, -0.25) is 10.1 Å². The number of rotatable bonds is 9. The number of ether oxygens (including phenoxy) is 2. The highest BCUT2D eigenvalue weighted by Crippen LogP contribution is 2.22. The number of aromatic nitrogens is 1. The molecule has 154 valence electrons. The number of para-hydroxylation sites is 1. The van der Waals surface area contributed by atoms with Crippen LogP contribution in [-0.2, 0) is 11.3 Å². The lowest BCUT2D eigenvalue weighted by atomic mass is 10.2. The predicted octanol–water partition coefficient (Wildman–Crippen LogP) is 4.12. The molecule has 0 radical (unpaired) electrons. The Morgan fingerprint density at radius 3 is 2.53 bits per heavy atom. The van der Waals surface area contributed by atoms with Crippen LogP contribution >= 0.6 is 0 Å². The number of alkyl carbamates (subject to hydrolysis) is 1. The van der Waals surface area contributed by atoms with Gasteiger partial charge in [-0.25, -0.2) is 9.78 Å². The topological polar surface area (TPSA) is 116 Å². The van der Waals surface area contributed by atoms with Crippen LogP contribution in [0.15, 0.2) is 72.9 Å². The minimum Gasteiger partial charge on any atom is -0.457 e. The van der Waals surface area contributed by atoms with Gasteiger partial charge in [-0.1, -0.05) is 30.3 Å². The summed E-state index contributed by atoms with van der Waals surface area (Å²) < 4.78 is 11.0. The lowest BCUT2D eigenvalue weighted by molar-refractivity contribution is -0.385. The van der Waals surface area contributed by atoms with Crippen LogP contribution in [-0.4, -0.2) is 29.1 Å². The van der Waals surface area contributed by atoms with Crippen molar-refractivity contribution < 1.29 is 19.2 Å². The first kappa shape index (κ1) is 20.6. The molecule has 0 spiro atoms. The lowest BCUT2D eigenvalue weighted by Gasteiger charge is -2.10. The molecule has 3 rings (SSSR count). The molecular weight excluding hydrogens is 388 g/mol. The first-order valence-corrected chi connectivity index (χ1v) is 9.17. The first-order chi connectivity index (χ1) is 14.6. The molecule has 9 heteroatoms. The standard InChI is InChI=1S/C21H20N4O5/c26-21(23-12-11-22-20-10-9-17(14-24-20)25(27)28)29-15-16-5-4-8-19(13-16)30-18-6-2-1-3-7-18/h1-10,13-14H,11-12,15H2,(H,22,24)(H,23,26). The Hall–Kier alpha value is -4.14. The van der Waals surface area contributed by atoms with Crippen LogP contribution < -0.4 is 15.4 Å². The summed E-state index contributed by atoms with van der Waals surface area (Å²) in [6.07, 6.45) is 0.613. The van der Waals surface area contributed by atoms with Gasteiger partial charge in [0, 0.05) is 19.2 Å². The third-order valence-corrected chi connectivity index (χ3v) is 3.91. The summed E-state index contributed by atoms with van der Waals surface area (Å²) in [7, 11) is 0. The van der Waals surface area contributed by atoms with Gasteiger partial charge in [-0.15, -0.1) is 0 Å². The van der Waals surface area contributed by atoms with Gasteiger partial charge in [0.05, 0.1) is 4.92 Å². The highest BCUT2D eigenvalue weighted by atomic mass is 16.6. The van der Waals surface area contributed by atoms with E-state index in [1.165, 1.54) is 18.3 Å². The second-order valence-corrected chi connectivity index (χ2v) is 6.15. The van der Waals surface area contributed by atoms with Gasteiger partial charge in [0.15, 0.2) is 0 Å². The molecule has 9 nitrogen and oxygen atoms in total. The molecule has 1 amide bonds. The van der Waals surface area contributed by atoms with Gasteiger partial charge in [0.1, 0.15) is 30.1 Å². The van der Waals surface area contributed by atoms with Crippen LogP contribution in [0.4, 0.5) is 16.3 Å². The fourth-order valence-electron chi connectivity index (χ4n) is 2.48. The van der Waals surface area contributed by atoms with E-state index in [1.54, 1.807) is 0 Å². The predicted molar refractivity (Wildman–Crippen MR) is 111 cm³/mol. The van der Waals surface area contributed by atoms with Crippen molar-refractivity contribution in [3.8, 4) is 11.5 Å². The second-order valence-electron chi connectivity index (χ2n) is 6.15. The summed E-state index contributed by atoms with van der Waals surface area (Å²) in [6.45, 7) is 0.796. The van der Waals surface area contributed by atoms with Crippen molar-refractivity contribution in [2.45, 2.75) is 6.61 Å². The van der Waals surface area contributed by atoms with Gasteiger partial charge in [0.2, 0.25) is 0 Å². The zero-order valence-electron chi connectivity index (χ0n) is 16.0. The highest BCUT2D eigenvalue weighted by molar-refractivity contribution is 5.67. The molecule has 3 aromatic rings. The molecule has 0 atom stereocenters. The zero-order chi connectivity index (χ0) is 21.2. The maximum atomic E-state index is 11.8. The lowest BCUT2D eigenvalue weighted by Crippen LogP contribution is -2.29. The Morgan fingerprint density at radius 1 is 1.00 bits per heavy atom. The first-order valence-electron chi connectivity index (χ1n) is 9.17. The number of pyridine rings is 1. The summed E-state index contributed by atoms with van der Waals surface area (Å²) in [5.41, 5.74) is 0.715. The van der Waals surface area contributed by atoms with Crippen LogP contribution in [0.25, 0.3) is 0 Å². The van der Waals surface area contributed by atoms with Crippen LogP contribution in [0.3, 0.4) is 0 Å². The van der Waals surface area contributed by atoms with Gasteiger partial charge < -0.3 is 20.1 Å². The van der Waals surface area contributed by atoms with Crippen molar-refractivity contribution in [1.82, 2.24) is 10.3 Å². The number of nitrogens with zero attached hydrogens (tertiary/aromatic N) is 2. The molecule has 2 aromatic carbocycles. The second kappa shape index (κ2) is 10.4. The fraction of sp³-hybridized carbons (Fsp3) is 0.143. The maximum absolute atomic E-state index is 11.8. The summed E-state index contributed by atoms with van der Waals surface area (Å²) >= 11 is 0. The Morgan fingerprint density at radius 2 is 1.80 bits per heavy atom. The average Bonchev–Trinajstić information content (AvgIpc) is 2.76. The molecule has 0 aliphatic rings.